The van der Waals surface area contributed by atoms with Crippen molar-refractivity contribution in [2.24, 2.45) is 10.8 Å². The van der Waals surface area contributed by atoms with Crippen molar-refractivity contribution in [3.63, 3.8) is 0 Å². The van der Waals surface area contributed by atoms with Crippen molar-refractivity contribution in [1.29, 1.82) is 0 Å². The Bertz CT molecular complexity index is 2210. The maximum atomic E-state index is 2.80. The predicted molar refractivity (Wildman–Crippen MR) is 217 cm³/mol. The van der Waals surface area contributed by atoms with E-state index in [9.17, 15) is 0 Å². The summed E-state index contributed by atoms with van der Waals surface area (Å²) in [7, 11) is 0. The second-order valence-electron chi connectivity index (χ2n) is 18.1. The SMILES string of the molecule is CCC(C)(CC)C1=CC2(CC(C(C)(CC)CC)=C1)c1ccc3c(c1-c1ccc4c(C)cc(C)cc4c12)C(C)(C)C1=C3C(C)(C)c2ccccc21. The summed E-state index contributed by atoms with van der Waals surface area (Å²) >= 11 is 0. The Balaban J connectivity index is 1.52. The lowest BCUT2D eigenvalue weighted by Gasteiger charge is -2.44. The Kier molecular flexibility index (Phi) is 7.17. The predicted octanol–water partition coefficient (Wildman–Crippen LogP) is 14.1. The van der Waals surface area contributed by atoms with Crippen LogP contribution in [0, 0.1) is 24.7 Å². The van der Waals surface area contributed by atoms with Crippen LogP contribution in [0.4, 0.5) is 0 Å². The van der Waals surface area contributed by atoms with Crippen molar-refractivity contribution in [2.45, 2.75) is 131 Å². The molecule has 0 aromatic heterocycles. The molecule has 1 spiro atoms. The summed E-state index contributed by atoms with van der Waals surface area (Å²) in [6.45, 7) is 29.3. The maximum Gasteiger partial charge on any atom is 0.0443 e. The molecule has 0 heterocycles. The average Bonchev–Trinajstić information content (AvgIpc) is 3.62. The van der Waals surface area contributed by atoms with Crippen LogP contribution >= 0.6 is 0 Å². The van der Waals surface area contributed by atoms with E-state index in [-0.39, 0.29) is 27.1 Å². The van der Waals surface area contributed by atoms with E-state index in [1.54, 1.807) is 33.4 Å². The van der Waals surface area contributed by atoms with Gasteiger partial charge in [0.2, 0.25) is 0 Å². The average molecular weight is 659 g/mol. The number of rotatable bonds is 6. The number of hydrogen-bond acceptors (Lipinski definition) is 0. The summed E-state index contributed by atoms with van der Waals surface area (Å²) in [6.07, 6.45) is 11.1. The maximum absolute atomic E-state index is 2.80. The van der Waals surface area contributed by atoms with Gasteiger partial charge in [0.1, 0.15) is 0 Å². The van der Waals surface area contributed by atoms with E-state index in [1.807, 2.05) is 0 Å². The third-order valence-corrected chi connectivity index (χ3v) is 14.9. The van der Waals surface area contributed by atoms with Gasteiger partial charge < -0.3 is 0 Å². The fourth-order valence-electron chi connectivity index (χ4n) is 11.1. The first-order valence-corrected chi connectivity index (χ1v) is 19.7. The molecule has 0 amide bonds. The Morgan fingerprint density at radius 2 is 1.26 bits per heavy atom. The monoisotopic (exact) mass is 658 g/mol. The molecule has 8 rings (SSSR count). The van der Waals surface area contributed by atoms with Gasteiger partial charge in [-0.25, -0.2) is 0 Å². The van der Waals surface area contributed by atoms with Crippen molar-refractivity contribution in [2.75, 3.05) is 0 Å². The highest BCUT2D eigenvalue weighted by Crippen LogP contribution is 2.68. The highest BCUT2D eigenvalue weighted by atomic mass is 14.6. The zero-order valence-corrected chi connectivity index (χ0v) is 33.0. The summed E-state index contributed by atoms with van der Waals surface area (Å²) in [4.78, 5) is 0. The fraction of sp³-hybridized carbons (Fsp3) is 0.440. The van der Waals surface area contributed by atoms with Gasteiger partial charge >= 0.3 is 0 Å². The van der Waals surface area contributed by atoms with Gasteiger partial charge in [0.25, 0.3) is 0 Å². The van der Waals surface area contributed by atoms with Crippen LogP contribution < -0.4 is 0 Å². The number of benzene rings is 4. The van der Waals surface area contributed by atoms with Gasteiger partial charge in [-0.15, -0.1) is 0 Å². The highest BCUT2D eigenvalue weighted by Gasteiger charge is 2.55. The molecule has 1 atom stereocenters. The van der Waals surface area contributed by atoms with Crippen molar-refractivity contribution in [3.8, 4) is 11.1 Å². The molecular formula is C50H58. The van der Waals surface area contributed by atoms with Gasteiger partial charge in [-0.1, -0.05) is 153 Å². The Labute approximate surface area is 302 Å². The molecule has 0 radical (unpaired) electrons. The number of hydrogen-bond donors (Lipinski definition) is 0. The second-order valence-corrected chi connectivity index (χ2v) is 18.1. The third-order valence-electron chi connectivity index (χ3n) is 14.9. The van der Waals surface area contributed by atoms with E-state index < -0.39 is 0 Å². The molecule has 258 valence electrons. The molecular weight excluding hydrogens is 601 g/mol. The highest BCUT2D eigenvalue weighted by molar-refractivity contribution is 6.12. The van der Waals surface area contributed by atoms with Crippen molar-refractivity contribution in [1.82, 2.24) is 0 Å². The van der Waals surface area contributed by atoms with Gasteiger partial charge in [-0.3, -0.25) is 0 Å². The number of allylic oxidation sites excluding steroid dienone is 6. The van der Waals surface area contributed by atoms with Crippen molar-refractivity contribution < 1.29 is 0 Å². The Hall–Kier alpha value is -3.64. The lowest BCUT2D eigenvalue weighted by atomic mass is 9.59. The minimum atomic E-state index is -0.230. The van der Waals surface area contributed by atoms with Crippen LogP contribution in [0.2, 0.25) is 0 Å². The molecule has 4 aliphatic carbocycles. The van der Waals surface area contributed by atoms with Crippen LogP contribution in [0.5, 0.6) is 0 Å². The molecule has 1 unspecified atom stereocenters. The molecule has 4 aromatic rings. The van der Waals surface area contributed by atoms with Crippen LogP contribution in [-0.4, -0.2) is 0 Å². The van der Waals surface area contributed by atoms with E-state index in [0.717, 1.165) is 32.1 Å². The minimum absolute atomic E-state index is 0.0403. The molecule has 0 bridgehead atoms. The summed E-state index contributed by atoms with van der Waals surface area (Å²) in [5, 5.41) is 2.86. The molecule has 4 aliphatic rings. The first kappa shape index (κ1) is 33.5. The topological polar surface area (TPSA) is 0 Å². The number of aryl methyl sites for hydroxylation is 2. The van der Waals surface area contributed by atoms with E-state index in [1.165, 1.54) is 55.3 Å². The molecule has 0 N–H and O–H groups in total. The van der Waals surface area contributed by atoms with Gasteiger partial charge in [0, 0.05) is 16.2 Å². The third kappa shape index (κ3) is 4.06. The van der Waals surface area contributed by atoms with Crippen molar-refractivity contribution in [3.05, 3.63) is 128 Å². The fourth-order valence-corrected chi connectivity index (χ4v) is 11.1. The van der Waals surface area contributed by atoms with E-state index in [2.05, 4.69) is 156 Å². The summed E-state index contributed by atoms with van der Waals surface area (Å²) < 4.78 is 0. The molecule has 0 heteroatoms. The summed E-state index contributed by atoms with van der Waals surface area (Å²) in [6, 6.07) is 24.2. The summed E-state index contributed by atoms with van der Waals surface area (Å²) in [5.41, 5.74) is 20.9. The Morgan fingerprint density at radius 1 is 0.620 bits per heavy atom. The Morgan fingerprint density at radius 3 is 1.94 bits per heavy atom. The van der Waals surface area contributed by atoms with Crippen LogP contribution in [0.1, 0.15) is 146 Å². The largest absolute Gasteiger partial charge is 0.0654 e. The zero-order chi connectivity index (χ0) is 35.8. The van der Waals surface area contributed by atoms with Crippen LogP contribution in [0.15, 0.2) is 84.0 Å². The van der Waals surface area contributed by atoms with Crippen LogP contribution in [0.3, 0.4) is 0 Å². The van der Waals surface area contributed by atoms with Gasteiger partial charge in [0.15, 0.2) is 0 Å². The minimum Gasteiger partial charge on any atom is -0.0654 e. The normalized spacial score (nSPS) is 21.2. The molecule has 50 heavy (non-hydrogen) atoms. The van der Waals surface area contributed by atoms with Crippen LogP contribution in [-0.2, 0) is 16.2 Å². The van der Waals surface area contributed by atoms with Gasteiger partial charge in [-0.05, 0) is 134 Å². The second kappa shape index (κ2) is 10.7. The molecule has 0 saturated heterocycles. The van der Waals surface area contributed by atoms with E-state index in [4.69, 9.17) is 0 Å². The lowest BCUT2D eigenvalue weighted by molar-refractivity contribution is 0.328. The van der Waals surface area contributed by atoms with E-state index >= 15 is 0 Å². The first-order valence-electron chi connectivity index (χ1n) is 19.7. The standard InChI is InChI=1S/C50H58/c1-13-48(11,14-2)32-27-33(49(12,15-3)16-4)29-50(28-32)40-24-23-37-43(41(40)36-22-21-34-31(6)25-30(5)26-38(34)42(36)50)47(9,10)44-35-19-17-18-20-39(35)46(7,8)45(37)44/h17-28H,13-16,29H2,1-12H3. The van der Waals surface area contributed by atoms with Gasteiger partial charge in [-0.2, -0.15) is 0 Å². The van der Waals surface area contributed by atoms with Crippen molar-refractivity contribution >= 4 is 21.9 Å². The molecule has 0 aliphatic heterocycles. The molecule has 4 aromatic carbocycles. The van der Waals surface area contributed by atoms with Crippen LogP contribution in [0.25, 0.3) is 33.0 Å². The smallest absolute Gasteiger partial charge is 0.0443 e. The van der Waals surface area contributed by atoms with E-state index in [0.29, 0.717) is 0 Å². The quantitative estimate of drug-likeness (QED) is 0.193. The molecule has 0 nitrogen and oxygen atoms in total. The lowest BCUT2D eigenvalue weighted by Crippen LogP contribution is -2.34. The summed E-state index contributed by atoms with van der Waals surface area (Å²) in [5.74, 6) is 0. The molecule has 0 saturated carbocycles. The zero-order valence-electron chi connectivity index (χ0n) is 33.0. The molecule has 0 fully saturated rings. The first-order chi connectivity index (χ1) is 23.6. The van der Waals surface area contributed by atoms with Gasteiger partial charge in [0.05, 0.1) is 0 Å². The number of fused-ring (bicyclic) bond motifs is 12.